The van der Waals surface area contributed by atoms with Gasteiger partial charge < -0.3 is 5.11 Å². The molecule has 2 aromatic rings. The van der Waals surface area contributed by atoms with E-state index in [2.05, 4.69) is 50.1 Å². The van der Waals surface area contributed by atoms with Gasteiger partial charge in [0.05, 0.1) is 5.69 Å². The Kier molecular flexibility index (Phi) is 4.83. The molecule has 3 heteroatoms. The quantitative estimate of drug-likeness (QED) is 0.850. The monoisotopic (exact) mass is 272 g/mol. The molecule has 0 aliphatic rings. The van der Waals surface area contributed by atoms with E-state index in [0.29, 0.717) is 0 Å². The van der Waals surface area contributed by atoms with Crippen molar-refractivity contribution < 1.29 is 5.11 Å². The Labute approximate surface area is 121 Å². The maximum absolute atomic E-state index is 10.1. The lowest BCUT2D eigenvalue weighted by Crippen LogP contribution is -2.02. The van der Waals surface area contributed by atoms with Crippen LogP contribution in [0.4, 0.5) is 0 Å². The first-order chi connectivity index (χ1) is 9.67. The summed E-state index contributed by atoms with van der Waals surface area (Å²) in [5, 5.41) is 14.5. The minimum absolute atomic E-state index is 0.197. The first kappa shape index (κ1) is 14.6. The summed E-state index contributed by atoms with van der Waals surface area (Å²) in [5.41, 5.74) is 4.46. The highest BCUT2D eigenvalue weighted by Crippen LogP contribution is 2.31. The van der Waals surface area contributed by atoms with Crippen LogP contribution >= 0.6 is 0 Å². The predicted molar refractivity (Wildman–Crippen MR) is 83.0 cm³/mol. The second kappa shape index (κ2) is 6.60. The third kappa shape index (κ3) is 3.03. The van der Waals surface area contributed by atoms with Gasteiger partial charge in [-0.05, 0) is 26.2 Å². The Balaban J connectivity index is 2.48. The van der Waals surface area contributed by atoms with Gasteiger partial charge in [0.1, 0.15) is 0 Å². The Morgan fingerprint density at radius 3 is 2.40 bits per heavy atom. The zero-order valence-electron chi connectivity index (χ0n) is 12.7. The molecule has 0 saturated heterocycles. The van der Waals surface area contributed by atoms with Crippen LogP contribution in [0.5, 0.6) is 5.88 Å². The zero-order valence-corrected chi connectivity index (χ0v) is 12.7. The second-order valence-corrected chi connectivity index (χ2v) is 5.34. The van der Waals surface area contributed by atoms with E-state index < -0.39 is 0 Å². The molecule has 1 heterocycles. The van der Waals surface area contributed by atoms with Crippen molar-refractivity contribution in [3.05, 3.63) is 35.4 Å². The number of rotatable bonds is 6. The molecule has 1 N–H and O–H groups in total. The number of aryl methyl sites for hydroxylation is 2. The molecule has 0 radical (unpaired) electrons. The number of hydrogen-bond donors (Lipinski definition) is 1. The molecule has 0 aliphatic heterocycles. The van der Waals surface area contributed by atoms with Crippen LogP contribution < -0.4 is 0 Å². The molecule has 108 valence electrons. The van der Waals surface area contributed by atoms with Crippen LogP contribution in [-0.2, 0) is 13.0 Å². The topological polar surface area (TPSA) is 38.1 Å². The van der Waals surface area contributed by atoms with Gasteiger partial charge in [-0.25, -0.2) is 0 Å². The molecule has 0 amide bonds. The van der Waals surface area contributed by atoms with Gasteiger partial charge in [-0.3, -0.25) is 4.68 Å². The van der Waals surface area contributed by atoms with Gasteiger partial charge in [-0.1, -0.05) is 50.1 Å². The Hall–Kier alpha value is -1.77. The molecule has 0 aliphatic carbocycles. The lowest BCUT2D eigenvalue weighted by molar-refractivity contribution is 0.431. The first-order valence-electron chi connectivity index (χ1n) is 7.53. The lowest BCUT2D eigenvalue weighted by Gasteiger charge is -2.09. The van der Waals surface area contributed by atoms with E-state index in [0.717, 1.165) is 49.0 Å². The number of unbranched alkanes of at least 4 members (excludes halogenated alkanes) is 1. The van der Waals surface area contributed by atoms with Crippen molar-refractivity contribution in [2.24, 2.45) is 0 Å². The molecular formula is C17H24N2O. The average Bonchev–Trinajstić information content (AvgIpc) is 2.74. The fourth-order valence-corrected chi connectivity index (χ4v) is 2.48. The van der Waals surface area contributed by atoms with Crippen molar-refractivity contribution in [1.29, 1.82) is 0 Å². The van der Waals surface area contributed by atoms with E-state index in [9.17, 15) is 5.11 Å². The van der Waals surface area contributed by atoms with Gasteiger partial charge >= 0.3 is 0 Å². The van der Waals surface area contributed by atoms with Gasteiger partial charge in [-0.15, -0.1) is 5.10 Å². The largest absolute Gasteiger partial charge is 0.492 e. The van der Waals surface area contributed by atoms with E-state index in [1.807, 2.05) is 4.68 Å². The molecule has 0 spiro atoms. The average molecular weight is 272 g/mol. The predicted octanol–water partition coefficient (Wildman–Crippen LogP) is 4.32. The van der Waals surface area contributed by atoms with Crippen LogP contribution in [0.25, 0.3) is 11.3 Å². The molecule has 2 rings (SSSR count). The lowest BCUT2D eigenvalue weighted by atomic mass is 10.0. The van der Waals surface area contributed by atoms with Crippen LogP contribution in [-0.4, -0.2) is 14.9 Å². The SMILES string of the molecule is CCCCc1c(O)nn(CCC)c1-c1ccc(C)cc1. The van der Waals surface area contributed by atoms with Crippen LogP contribution in [0.2, 0.25) is 0 Å². The molecule has 0 unspecified atom stereocenters. The van der Waals surface area contributed by atoms with Crippen molar-refractivity contribution in [2.45, 2.75) is 53.0 Å². The summed E-state index contributed by atoms with van der Waals surface area (Å²) < 4.78 is 1.95. The highest BCUT2D eigenvalue weighted by atomic mass is 16.3. The van der Waals surface area contributed by atoms with E-state index in [-0.39, 0.29) is 5.88 Å². The van der Waals surface area contributed by atoms with Crippen LogP contribution in [0.3, 0.4) is 0 Å². The fourth-order valence-electron chi connectivity index (χ4n) is 2.48. The van der Waals surface area contributed by atoms with Gasteiger partial charge in [0, 0.05) is 17.7 Å². The molecule has 0 fully saturated rings. The summed E-state index contributed by atoms with van der Waals surface area (Å²) in [6.07, 6.45) is 4.08. The Bertz CT molecular complexity index is 555. The molecule has 0 saturated carbocycles. The number of benzene rings is 1. The third-order valence-electron chi connectivity index (χ3n) is 3.57. The van der Waals surface area contributed by atoms with Crippen molar-refractivity contribution in [3.63, 3.8) is 0 Å². The van der Waals surface area contributed by atoms with Gasteiger partial charge in [0.25, 0.3) is 0 Å². The van der Waals surface area contributed by atoms with Gasteiger partial charge in [0.2, 0.25) is 5.88 Å². The minimum Gasteiger partial charge on any atom is -0.492 e. The first-order valence-corrected chi connectivity index (χ1v) is 7.53. The molecule has 3 nitrogen and oxygen atoms in total. The maximum atomic E-state index is 10.1. The standard InChI is InChI=1S/C17H24N2O/c1-4-6-7-15-16(14-10-8-13(3)9-11-14)19(12-5-2)18-17(15)20/h8-11H,4-7,12H2,1-3H3,(H,18,20). The molecule has 1 aromatic heterocycles. The normalized spacial score (nSPS) is 10.9. The van der Waals surface area contributed by atoms with Crippen molar-refractivity contribution in [3.8, 4) is 17.1 Å². The fraction of sp³-hybridized carbons (Fsp3) is 0.471. The maximum Gasteiger partial charge on any atom is 0.234 e. The van der Waals surface area contributed by atoms with Crippen LogP contribution in [0.15, 0.2) is 24.3 Å². The molecule has 0 atom stereocenters. The molecule has 20 heavy (non-hydrogen) atoms. The number of aromatic hydroxyl groups is 1. The number of nitrogens with zero attached hydrogens (tertiary/aromatic N) is 2. The summed E-state index contributed by atoms with van der Waals surface area (Å²) in [6, 6.07) is 8.46. The van der Waals surface area contributed by atoms with Crippen molar-refractivity contribution in [1.82, 2.24) is 9.78 Å². The van der Waals surface area contributed by atoms with E-state index in [4.69, 9.17) is 0 Å². The van der Waals surface area contributed by atoms with E-state index in [1.165, 1.54) is 5.56 Å². The van der Waals surface area contributed by atoms with Gasteiger partial charge in [-0.2, -0.15) is 0 Å². The Morgan fingerprint density at radius 2 is 1.80 bits per heavy atom. The van der Waals surface area contributed by atoms with Gasteiger partial charge in [0.15, 0.2) is 0 Å². The zero-order chi connectivity index (χ0) is 14.5. The third-order valence-corrected chi connectivity index (χ3v) is 3.57. The molecule has 1 aromatic carbocycles. The summed E-state index contributed by atoms with van der Waals surface area (Å²) in [6.45, 7) is 7.22. The van der Waals surface area contributed by atoms with E-state index >= 15 is 0 Å². The minimum atomic E-state index is 0.197. The van der Waals surface area contributed by atoms with Crippen LogP contribution in [0, 0.1) is 6.92 Å². The molecular weight excluding hydrogens is 248 g/mol. The Morgan fingerprint density at radius 1 is 1.10 bits per heavy atom. The summed E-state index contributed by atoms with van der Waals surface area (Å²) in [7, 11) is 0. The highest BCUT2D eigenvalue weighted by Gasteiger charge is 2.17. The second-order valence-electron chi connectivity index (χ2n) is 5.34. The number of aromatic nitrogens is 2. The highest BCUT2D eigenvalue weighted by molar-refractivity contribution is 5.66. The number of hydrogen-bond acceptors (Lipinski definition) is 2. The summed E-state index contributed by atoms with van der Waals surface area (Å²) in [5.74, 6) is 0.197. The van der Waals surface area contributed by atoms with E-state index in [1.54, 1.807) is 0 Å². The van der Waals surface area contributed by atoms with Crippen LogP contribution in [0.1, 0.15) is 44.2 Å². The van der Waals surface area contributed by atoms with Crippen molar-refractivity contribution >= 4 is 0 Å². The molecule has 0 bridgehead atoms. The smallest absolute Gasteiger partial charge is 0.234 e. The summed E-state index contributed by atoms with van der Waals surface area (Å²) >= 11 is 0. The van der Waals surface area contributed by atoms with Crippen molar-refractivity contribution in [2.75, 3.05) is 0 Å². The summed E-state index contributed by atoms with van der Waals surface area (Å²) in [4.78, 5) is 0.